The summed E-state index contributed by atoms with van der Waals surface area (Å²) in [6.45, 7) is 5.77. The highest BCUT2D eigenvalue weighted by Gasteiger charge is 2.08. The highest BCUT2D eigenvalue weighted by atomic mass is 31.0. The monoisotopic (exact) mass is 217 g/mol. The summed E-state index contributed by atoms with van der Waals surface area (Å²) in [6, 6.07) is 0. The van der Waals surface area contributed by atoms with Gasteiger partial charge in [-0.3, -0.25) is 9.36 Å². The molecule has 0 radical (unpaired) electrons. The van der Waals surface area contributed by atoms with Crippen molar-refractivity contribution < 1.29 is 9.36 Å². The van der Waals surface area contributed by atoms with Gasteiger partial charge in [0.25, 0.3) is 5.91 Å². The maximum atomic E-state index is 11.4. The van der Waals surface area contributed by atoms with Crippen molar-refractivity contribution in [2.75, 3.05) is 13.1 Å². The van der Waals surface area contributed by atoms with Crippen LogP contribution in [0.5, 0.6) is 0 Å². The van der Waals surface area contributed by atoms with Crippen LogP contribution in [0.3, 0.4) is 0 Å². The van der Waals surface area contributed by atoms with E-state index in [0.29, 0.717) is 0 Å². The second-order valence-corrected chi connectivity index (χ2v) is 3.82. The average molecular weight is 217 g/mol. The summed E-state index contributed by atoms with van der Waals surface area (Å²) in [5, 5.41) is 0. The van der Waals surface area contributed by atoms with Crippen molar-refractivity contribution in [1.29, 1.82) is 0 Å². The van der Waals surface area contributed by atoms with Crippen LogP contribution < -0.4 is 0 Å². The van der Waals surface area contributed by atoms with Gasteiger partial charge in [-0.1, -0.05) is 26.7 Å². The standard InChI is InChI=1S/C10H20NO2P/c1-3-5-7-11(8-6-4-2)10(12)9-14-13/h9,14H,3-8H2,1-2H3. The molecule has 14 heavy (non-hydrogen) atoms. The zero-order valence-electron chi connectivity index (χ0n) is 9.08. The van der Waals surface area contributed by atoms with Gasteiger partial charge in [0, 0.05) is 13.1 Å². The fourth-order valence-electron chi connectivity index (χ4n) is 1.17. The molecule has 0 N–H and O–H groups in total. The minimum absolute atomic E-state index is 0.0831. The van der Waals surface area contributed by atoms with E-state index < -0.39 is 8.08 Å². The van der Waals surface area contributed by atoms with Crippen LogP contribution in [-0.2, 0) is 9.36 Å². The van der Waals surface area contributed by atoms with Gasteiger partial charge in [-0.25, -0.2) is 0 Å². The number of unbranched alkanes of at least 4 members (excludes halogenated alkanes) is 2. The van der Waals surface area contributed by atoms with E-state index in [2.05, 4.69) is 13.8 Å². The lowest BCUT2D eigenvalue weighted by atomic mass is 10.2. The minimum atomic E-state index is -0.625. The Morgan fingerprint density at radius 3 is 2.07 bits per heavy atom. The van der Waals surface area contributed by atoms with Gasteiger partial charge < -0.3 is 4.90 Å². The first-order valence-electron chi connectivity index (χ1n) is 5.26. The molecule has 0 aliphatic rings. The number of rotatable bonds is 7. The smallest absolute Gasteiger partial charge is 0.253 e. The SMILES string of the molecule is CCCCN(CCCC)C(=O)C=[PH]=O. The molecule has 0 aliphatic heterocycles. The topological polar surface area (TPSA) is 37.4 Å². The maximum absolute atomic E-state index is 11.4. The van der Waals surface area contributed by atoms with E-state index in [1.807, 2.05) is 0 Å². The summed E-state index contributed by atoms with van der Waals surface area (Å²) in [6.07, 6.45) is 4.20. The molecule has 0 aliphatic carbocycles. The Bertz CT molecular complexity index is 204. The number of carbonyl (C=O) groups is 1. The first kappa shape index (κ1) is 13.4. The fourth-order valence-corrected chi connectivity index (χ4v) is 1.46. The number of carbonyl (C=O) groups excluding carboxylic acids is 1. The molecule has 0 spiro atoms. The van der Waals surface area contributed by atoms with Crippen molar-refractivity contribution in [3.8, 4) is 0 Å². The van der Waals surface area contributed by atoms with Crippen molar-refractivity contribution in [3.63, 3.8) is 0 Å². The zero-order valence-corrected chi connectivity index (χ0v) is 10.1. The van der Waals surface area contributed by atoms with E-state index in [-0.39, 0.29) is 5.91 Å². The van der Waals surface area contributed by atoms with Crippen LogP contribution in [-0.4, -0.2) is 29.7 Å². The maximum Gasteiger partial charge on any atom is 0.253 e. The average Bonchev–Trinajstić information content (AvgIpc) is 2.18. The van der Waals surface area contributed by atoms with Gasteiger partial charge in [0.05, 0.1) is 13.9 Å². The number of hydrogen-bond acceptors (Lipinski definition) is 2. The summed E-state index contributed by atoms with van der Waals surface area (Å²) in [5.41, 5.74) is 0. The molecule has 0 rings (SSSR count). The van der Waals surface area contributed by atoms with Gasteiger partial charge in [0.1, 0.15) is 0 Å². The predicted octanol–water partition coefficient (Wildman–Crippen LogP) is 2.24. The molecular formula is C10H20NO2P. The van der Waals surface area contributed by atoms with E-state index in [1.165, 1.54) is 5.80 Å². The van der Waals surface area contributed by atoms with Crippen LogP contribution in [0.1, 0.15) is 39.5 Å². The van der Waals surface area contributed by atoms with Crippen molar-refractivity contribution in [2.45, 2.75) is 39.5 Å². The van der Waals surface area contributed by atoms with Crippen LogP contribution in [0, 0.1) is 0 Å². The Morgan fingerprint density at radius 2 is 1.71 bits per heavy atom. The predicted molar refractivity (Wildman–Crippen MR) is 61.5 cm³/mol. The van der Waals surface area contributed by atoms with E-state index in [4.69, 9.17) is 0 Å². The molecule has 0 fully saturated rings. The second kappa shape index (κ2) is 9.01. The largest absolute Gasteiger partial charge is 0.339 e. The first-order chi connectivity index (χ1) is 6.76. The normalized spacial score (nSPS) is 10.1. The Kier molecular flexibility index (Phi) is 8.65. The summed E-state index contributed by atoms with van der Waals surface area (Å²) < 4.78 is 10.3. The van der Waals surface area contributed by atoms with E-state index in [0.717, 1.165) is 38.8 Å². The van der Waals surface area contributed by atoms with Crippen LogP contribution in [0.2, 0.25) is 0 Å². The fraction of sp³-hybridized carbons (Fsp3) is 0.800. The summed E-state index contributed by atoms with van der Waals surface area (Å²) >= 11 is 0. The third kappa shape index (κ3) is 5.98. The number of amides is 1. The molecule has 0 aromatic heterocycles. The Balaban J connectivity index is 4.07. The molecule has 0 saturated heterocycles. The molecule has 0 aromatic carbocycles. The van der Waals surface area contributed by atoms with Crippen LogP contribution in [0.25, 0.3) is 0 Å². The van der Waals surface area contributed by atoms with Gasteiger partial charge in [-0.05, 0) is 12.8 Å². The summed E-state index contributed by atoms with van der Waals surface area (Å²) in [7, 11) is -0.625. The van der Waals surface area contributed by atoms with E-state index in [9.17, 15) is 9.36 Å². The molecule has 4 heteroatoms. The van der Waals surface area contributed by atoms with Crippen molar-refractivity contribution in [1.82, 2.24) is 4.90 Å². The van der Waals surface area contributed by atoms with Gasteiger partial charge in [0.2, 0.25) is 0 Å². The highest BCUT2D eigenvalue weighted by Crippen LogP contribution is 1.99. The third-order valence-electron chi connectivity index (χ3n) is 2.06. The van der Waals surface area contributed by atoms with E-state index >= 15 is 0 Å². The molecular weight excluding hydrogens is 197 g/mol. The molecule has 0 aromatic rings. The molecule has 0 saturated carbocycles. The Hall–Kier alpha value is -0.560. The molecule has 82 valence electrons. The van der Waals surface area contributed by atoms with Gasteiger partial charge >= 0.3 is 0 Å². The first-order valence-corrected chi connectivity index (χ1v) is 6.24. The molecule has 1 atom stereocenters. The lowest BCUT2D eigenvalue weighted by Gasteiger charge is -2.20. The molecule has 0 bridgehead atoms. The second-order valence-electron chi connectivity index (χ2n) is 3.29. The van der Waals surface area contributed by atoms with Gasteiger partial charge in [-0.15, -0.1) is 0 Å². The summed E-state index contributed by atoms with van der Waals surface area (Å²) in [5.74, 6) is 1.17. The van der Waals surface area contributed by atoms with Gasteiger partial charge in [-0.2, -0.15) is 0 Å². The molecule has 3 nitrogen and oxygen atoms in total. The molecule has 0 heterocycles. The Morgan fingerprint density at radius 1 is 1.21 bits per heavy atom. The van der Waals surface area contributed by atoms with Crippen molar-refractivity contribution in [2.24, 2.45) is 0 Å². The van der Waals surface area contributed by atoms with Crippen molar-refractivity contribution >= 4 is 19.8 Å². The zero-order chi connectivity index (χ0) is 10.8. The number of hydrogen-bond donors (Lipinski definition) is 0. The summed E-state index contributed by atoms with van der Waals surface area (Å²) in [4.78, 5) is 13.2. The van der Waals surface area contributed by atoms with Crippen LogP contribution >= 0.6 is 8.08 Å². The quantitative estimate of drug-likeness (QED) is 0.613. The van der Waals surface area contributed by atoms with Crippen LogP contribution in [0.15, 0.2) is 0 Å². The third-order valence-corrected chi connectivity index (χ3v) is 2.42. The molecule has 1 unspecified atom stereocenters. The van der Waals surface area contributed by atoms with E-state index in [1.54, 1.807) is 4.90 Å². The minimum Gasteiger partial charge on any atom is -0.339 e. The molecule has 1 amide bonds. The van der Waals surface area contributed by atoms with Gasteiger partial charge in [0.15, 0.2) is 0 Å². The number of nitrogens with zero attached hydrogens (tertiary/aromatic N) is 1. The Labute approximate surface area is 87.3 Å². The van der Waals surface area contributed by atoms with Crippen LogP contribution in [0.4, 0.5) is 0 Å². The van der Waals surface area contributed by atoms with Crippen molar-refractivity contribution in [3.05, 3.63) is 0 Å². The lowest BCUT2D eigenvalue weighted by molar-refractivity contribution is -0.123. The lowest BCUT2D eigenvalue weighted by Crippen LogP contribution is -2.33. The highest BCUT2D eigenvalue weighted by molar-refractivity contribution is 7.28.